The van der Waals surface area contributed by atoms with E-state index in [0.717, 1.165) is 56.0 Å². The molecule has 2 heterocycles. The molecule has 25 heavy (non-hydrogen) atoms. The van der Waals surface area contributed by atoms with Crippen LogP contribution in [0.3, 0.4) is 0 Å². The van der Waals surface area contributed by atoms with Crippen molar-refractivity contribution in [1.29, 1.82) is 0 Å². The Bertz CT molecular complexity index is 746. The van der Waals surface area contributed by atoms with Crippen LogP contribution in [0.15, 0.2) is 34.9 Å². The molecule has 1 aromatic carbocycles. The molecule has 2 aromatic rings. The lowest BCUT2D eigenvalue weighted by Gasteiger charge is -2.32. The first-order valence-electron chi connectivity index (χ1n) is 8.89. The molecule has 1 aromatic heterocycles. The lowest BCUT2D eigenvalue weighted by molar-refractivity contribution is 0.0708. The Kier molecular flexibility index (Phi) is 4.34. The monoisotopic (exact) mass is 341 g/mol. The van der Waals surface area contributed by atoms with E-state index in [1.54, 1.807) is 7.11 Å². The Labute approximate surface area is 147 Å². The number of likely N-dealkylation sites (tertiary alicyclic amines) is 1. The number of methoxy groups -OCH3 is 1. The number of amides is 1. The summed E-state index contributed by atoms with van der Waals surface area (Å²) in [7, 11) is 1.67. The molecule has 0 spiro atoms. The maximum atomic E-state index is 12.6. The van der Waals surface area contributed by atoms with Gasteiger partial charge in [-0.1, -0.05) is 11.2 Å². The Balaban J connectivity index is 1.31. The molecule has 2 fully saturated rings. The Morgan fingerprint density at radius 1 is 1.24 bits per heavy atom. The molecule has 6 heteroatoms. The molecule has 1 aliphatic heterocycles. The third-order valence-electron chi connectivity index (χ3n) is 4.95. The summed E-state index contributed by atoms with van der Waals surface area (Å²) < 4.78 is 10.6. The molecule has 1 aliphatic carbocycles. The second-order valence-electron chi connectivity index (χ2n) is 6.83. The van der Waals surface area contributed by atoms with Gasteiger partial charge >= 0.3 is 0 Å². The van der Waals surface area contributed by atoms with Crippen molar-refractivity contribution in [2.24, 2.45) is 0 Å². The van der Waals surface area contributed by atoms with E-state index in [1.807, 2.05) is 35.2 Å². The molecule has 1 N–H and O–H groups in total. The highest BCUT2D eigenvalue weighted by molar-refractivity contribution is 5.92. The first kappa shape index (κ1) is 16.0. The number of benzene rings is 1. The topological polar surface area (TPSA) is 67.6 Å². The summed E-state index contributed by atoms with van der Waals surface area (Å²) in [5.74, 6) is 2.16. The molecule has 6 nitrogen and oxygen atoms in total. The van der Waals surface area contributed by atoms with Gasteiger partial charge < -0.3 is 19.5 Å². The van der Waals surface area contributed by atoms with Gasteiger partial charge in [-0.05, 0) is 37.8 Å². The summed E-state index contributed by atoms with van der Waals surface area (Å²) in [6, 6.07) is 10.1. The third kappa shape index (κ3) is 3.62. The predicted octanol–water partition coefficient (Wildman–Crippen LogP) is 3.28. The Morgan fingerprint density at radius 2 is 2.04 bits per heavy atom. The highest BCUT2D eigenvalue weighted by Gasteiger charge is 2.31. The van der Waals surface area contributed by atoms with Gasteiger partial charge in [-0.15, -0.1) is 0 Å². The van der Waals surface area contributed by atoms with E-state index in [1.165, 1.54) is 0 Å². The quantitative estimate of drug-likeness (QED) is 0.904. The largest absolute Gasteiger partial charge is 0.497 e. The molecule has 132 valence electrons. The van der Waals surface area contributed by atoms with E-state index in [4.69, 9.17) is 9.26 Å². The van der Waals surface area contributed by atoms with Crippen LogP contribution in [0.2, 0.25) is 0 Å². The molecular weight excluding hydrogens is 318 g/mol. The van der Waals surface area contributed by atoms with Crippen molar-refractivity contribution < 1.29 is 14.1 Å². The summed E-state index contributed by atoms with van der Waals surface area (Å²) in [5.41, 5.74) is 1.50. The smallest absolute Gasteiger partial charge is 0.276 e. The number of carbonyl (C=O) groups excluding carboxylic acids is 1. The van der Waals surface area contributed by atoms with Gasteiger partial charge in [0.25, 0.3) is 5.91 Å². The average Bonchev–Trinajstić information content (AvgIpc) is 3.39. The van der Waals surface area contributed by atoms with E-state index in [2.05, 4.69) is 10.5 Å². The lowest BCUT2D eigenvalue weighted by atomic mass is 10.0. The number of nitrogens with zero attached hydrogens (tertiary/aromatic N) is 2. The number of rotatable bonds is 5. The minimum atomic E-state index is -0.0181. The van der Waals surface area contributed by atoms with Gasteiger partial charge in [-0.3, -0.25) is 4.79 Å². The van der Waals surface area contributed by atoms with Crippen molar-refractivity contribution in [2.75, 3.05) is 25.5 Å². The molecular formula is C19H23N3O3. The van der Waals surface area contributed by atoms with E-state index in [9.17, 15) is 4.79 Å². The van der Waals surface area contributed by atoms with Crippen LogP contribution in [0.1, 0.15) is 47.8 Å². The zero-order valence-corrected chi connectivity index (χ0v) is 14.4. The number of ether oxygens (including phenoxy) is 1. The molecule has 2 aliphatic rings. The number of hydrogen-bond donors (Lipinski definition) is 1. The summed E-state index contributed by atoms with van der Waals surface area (Å²) in [6.45, 7) is 1.46. The number of nitrogens with one attached hydrogen (secondary N) is 1. The van der Waals surface area contributed by atoms with Crippen molar-refractivity contribution >= 4 is 11.6 Å². The molecule has 1 saturated heterocycles. The van der Waals surface area contributed by atoms with Crippen LogP contribution in [0, 0.1) is 0 Å². The van der Waals surface area contributed by atoms with Crippen molar-refractivity contribution in [3.05, 3.63) is 41.8 Å². The molecule has 0 bridgehead atoms. The second kappa shape index (κ2) is 6.78. The lowest BCUT2D eigenvalue weighted by Crippen LogP contribution is -2.42. The zero-order chi connectivity index (χ0) is 17.2. The van der Waals surface area contributed by atoms with Crippen molar-refractivity contribution in [2.45, 2.75) is 37.6 Å². The van der Waals surface area contributed by atoms with Crippen molar-refractivity contribution in [3.63, 3.8) is 0 Å². The molecule has 1 amide bonds. The van der Waals surface area contributed by atoms with Crippen LogP contribution in [0.5, 0.6) is 5.75 Å². The fourth-order valence-corrected chi connectivity index (χ4v) is 3.29. The highest BCUT2D eigenvalue weighted by atomic mass is 16.5. The number of piperidine rings is 1. The summed E-state index contributed by atoms with van der Waals surface area (Å²) >= 11 is 0. The van der Waals surface area contributed by atoms with Gasteiger partial charge in [0.15, 0.2) is 5.69 Å². The standard InChI is InChI=1S/C19H23N3O3/c1-24-16-4-2-3-15(11-16)20-14-7-9-22(10-8-14)19(23)17-12-18(25-21-17)13-5-6-13/h2-4,11-14,20H,5-10H2,1H3. The van der Waals surface area contributed by atoms with E-state index in [-0.39, 0.29) is 5.91 Å². The molecule has 0 radical (unpaired) electrons. The normalized spacial score (nSPS) is 18.2. The van der Waals surface area contributed by atoms with Crippen LogP contribution in [0.4, 0.5) is 5.69 Å². The van der Waals surface area contributed by atoms with Crippen LogP contribution < -0.4 is 10.1 Å². The fourth-order valence-electron chi connectivity index (χ4n) is 3.29. The predicted molar refractivity (Wildman–Crippen MR) is 94.0 cm³/mol. The molecule has 0 atom stereocenters. The van der Waals surface area contributed by atoms with Gasteiger partial charge in [0.2, 0.25) is 0 Å². The van der Waals surface area contributed by atoms with Crippen molar-refractivity contribution in [3.8, 4) is 5.75 Å². The van der Waals surface area contributed by atoms with Crippen LogP contribution in [-0.4, -0.2) is 42.2 Å². The van der Waals surface area contributed by atoms with E-state index < -0.39 is 0 Å². The summed E-state index contributed by atoms with van der Waals surface area (Å²) in [5, 5.41) is 7.49. The van der Waals surface area contributed by atoms with Gasteiger partial charge in [-0.25, -0.2) is 0 Å². The van der Waals surface area contributed by atoms with Crippen LogP contribution in [-0.2, 0) is 0 Å². The second-order valence-corrected chi connectivity index (χ2v) is 6.83. The molecule has 1 saturated carbocycles. The summed E-state index contributed by atoms with van der Waals surface area (Å²) in [6.07, 6.45) is 4.11. The number of aromatic nitrogens is 1. The molecule has 0 unspecified atom stereocenters. The van der Waals surface area contributed by atoms with Gasteiger partial charge in [0.1, 0.15) is 11.5 Å². The zero-order valence-electron chi connectivity index (χ0n) is 14.4. The van der Waals surface area contributed by atoms with Gasteiger partial charge in [0, 0.05) is 42.9 Å². The Hall–Kier alpha value is -2.50. The maximum Gasteiger partial charge on any atom is 0.276 e. The minimum Gasteiger partial charge on any atom is -0.497 e. The third-order valence-corrected chi connectivity index (χ3v) is 4.95. The molecule has 4 rings (SSSR count). The number of hydrogen-bond acceptors (Lipinski definition) is 5. The first-order valence-corrected chi connectivity index (χ1v) is 8.89. The van der Waals surface area contributed by atoms with Gasteiger partial charge in [0.05, 0.1) is 7.11 Å². The first-order chi connectivity index (χ1) is 12.2. The highest BCUT2D eigenvalue weighted by Crippen LogP contribution is 2.40. The van der Waals surface area contributed by atoms with Gasteiger partial charge in [-0.2, -0.15) is 0 Å². The maximum absolute atomic E-state index is 12.6. The average molecular weight is 341 g/mol. The van der Waals surface area contributed by atoms with Crippen molar-refractivity contribution in [1.82, 2.24) is 10.1 Å². The Morgan fingerprint density at radius 3 is 2.76 bits per heavy atom. The summed E-state index contributed by atoms with van der Waals surface area (Å²) in [4.78, 5) is 14.4. The number of anilines is 1. The SMILES string of the molecule is COc1cccc(NC2CCN(C(=O)c3cc(C4CC4)on3)CC2)c1. The van der Waals surface area contributed by atoms with E-state index in [0.29, 0.717) is 17.7 Å². The number of carbonyl (C=O) groups is 1. The minimum absolute atomic E-state index is 0.0181. The fraction of sp³-hybridized carbons (Fsp3) is 0.474. The van der Waals surface area contributed by atoms with Crippen LogP contribution in [0.25, 0.3) is 0 Å². The van der Waals surface area contributed by atoms with E-state index >= 15 is 0 Å². The van der Waals surface area contributed by atoms with Crippen LogP contribution >= 0.6 is 0 Å².